The molecule has 0 radical (unpaired) electrons. The predicted molar refractivity (Wildman–Crippen MR) is 58.5 cm³/mol. The van der Waals surface area contributed by atoms with Crippen molar-refractivity contribution in [1.29, 1.82) is 0 Å². The molecular weight excluding hydrogens is 190 g/mol. The summed E-state index contributed by atoms with van der Waals surface area (Å²) in [5.74, 6) is 2.07. The minimum Gasteiger partial charge on any atom is -0.469 e. The normalized spacial score (nSPS) is 28.0. The molecule has 3 nitrogen and oxygen atoms in total. The third-order valence-electron chi connectivity index (χ3n) is 3.67. The lowest BCUT2D eigenvalue weighted by molar-refractivity contribution is 0.182. The van der Waals surface area contributed by atoms with Crippen molar-refractivity contribution in [3.8, 4) is 0 Å². The zero-order valence-electron chi connectivity index (χ0n) is 9.62. The van der Waals surface area contributed by atoms with Crippen LogP contribution >= 0.6 is 0 Å². The standard InChI is InChI=1S/C12H19NO2/c1-12(2)9(6-13)10(12)11-8(7-14-3)4-5-15-11/h4-5,9-10H,6-7,13H2,1-3H3. The van der Waals surface area contributed by atoms with Crippen LogP contribution in [0, 0.1) is 11.3 Å². The van der Waals surface area contributed by atoms with E-state index in [1.165, 1.54) is 0 Å². The monoisotopic (exact) mass is 209 g/mol. The van der Waals surface area contributed by atoms with Crippen molar-refractivity contribution in [2.45, 2.75) is 26.4 Å². The average molecular weight is 209 g/mol. The Morgan fingerprint density at radius 1 is 1.53 bits per heavy atom. The molecule has 3 heteroatoms. The van der Waals surface area contributed by atoms with Gasteiger partial charge in [0.1, 0.15) is 5.76 Å². The minimum atomic E-state index is 0.273. The second-order valence-corrected chi connectivity index (χ2v) is 4.88. The van der Waals surface area contributed by atoms with Crippen molar-refractivity contribution in [1.82, 2.24) is 0 Å². The van der Waals surface area contributed by atoms with Crippen molar-refractivity contribution < 1.29 is 9.15 Å². The molecule has 1 aromatic heterocycles. The van der Waals surface area contributed by atoms with Crippen molar-refractivity contribution in [2.75, 3.05) is 13.7 Å². The van der Waals surface area contributed by atoms with Crippen molar-refractivity contribution in [3.05, 3.63) is 23.7 Å². The Labute approximate surface area is 90.6 Å². The van der Waals surface area contributed by atoms with Crippen LogP contribution in [0.4, 0.5) is 0 Å². The summed E-state index contributed by atoms with van der Waals surface area (Å²) in [5.41, 5.74) is 7.19. The van der Waals surface area contributed by atoms with E-state index in [2.05, 4.69) is 13.8 Å². The van der Waals surface area contributed by atoms with Crippen LogP contribution in [0.3, 0.4) is 0 Å². The second-order valence-electron chi connectivity index (χ2n) is 4.88. The van der Waals surface area contributed by atoms with Gasteiger partial charge in [-0.2, -0.15) is 0 Å². The molecule has 1 aliphatic rings. The number of rotatable bonds is 4. The molecule has 0 bridgehead atoms. The Bertz CT molecular complexity index is 343. The van der Waals surface area contributed by atoms with Gasteiger partial charge in [0.05, 0.1) is 12.9 Å². The lowest BCUT2D eigenvalue weighted by Gasteiger charge is -2.02. The second kappa shape index (κ2) is 3.65. The van der Waals surface area contributed by atoms with E-state index in [0.717, 1.165) is 17.9 Å². The van der Waals surface area contributed by atoms with Gasteiger partial charge in [-0.1, -0.05) is 13.8 Å². The van der Waals surface area contributed by atoms with Crippen LogP contribution in [-0.2, 0) is 11.3 Å². The van der Waals surface area contributed by atoms with E-state index in [1.54, 1.807) is 13.4 Å². The number of hydrogen-bond donors (Lipinski definition) is 1. The molecule has 0 saturated heterocycles. The average Bonchev–Trinajstić information content (AvgIpc) is 2.57. The summed E-state index contributed by atoms with van der Waals surface area (Å²) >= 11 is 0. The Balaban J connectivity index is 2.21. The van der Waals surface area contributed by atoms with E-state index in [1.807, 2.05) is 6.07 Å². The van der Waals surface area contributed by atoms with Crippen LogP contribution in [0.5, 0.6) is 0 Å². The fraction of sp³-hybridized carbons (Fsp3) is 0.667. The highest BCUT2D eigenvalue weighted by Gasteiger charge is 2.59. The van der Waals surface area contributed by atoms with E-state index >= 15 is 0 Å². The molecule has 2 rings (SSSR count). The first-order valence-corrected chi connectivity index (χ1v) is 5.38. The van der Waals surface area contributed by atoms with Crippen LogP contribution in [-0.4, -0.2) is 13.7 Å². The number of hydrogen-bond acceptors (Lipinski definition) is 3. The minimum absolute atomic E-state index is 0.273. The van der Waals surface area contributed by atoms with Gasteiger partial charge >= 0.3 is 0 Å². The maximum atomic E-state index is 5.76. The first-order chi connectivity index (χ1) is 7.12. The number of furan rings is 1. The van der Waals surface area contributed by atoms with Gasteiger partial charge in [0.25, 0.3) is 0 Å². The van der Waals surface area contributed by atoms with Gasteiger partial charge in [-0.25, -0.2) is 0 Å². The summed E-state index contributed by atoms with van der Waals surface area (Å²) in [4.78, 5) is 0. The van der Waals surface area contributed by atoms with E-state index in [9.17, 15) is 0 Å². The van der Waals surface area contributed by atoms with E-state index in [0.29, 0.717) is 18.4 Å². The molecule has 2 N–H and O–H groups in total. The SMILES string of the molecule is COCc1ccoc1C1C(CN)C1(C)C. The molecule has 1 aromatic rings. The summed E-state index contributed by atoms with van der Waals surface area (Å²) < 4.78 is 10.7. The highest BCUT2D eigenvalue weighted by atomic mass is 16.5. The van der Waals surface area contributed by atoms with Gasteiger partial charge < -0.3 is 14.9 Å². The lowest BCUT2D eigenvalue weighted by Crippen LogP contribution is -2.05. The van der Waals surface area contributed by atoms with E-state index < -0.39 is 0 Å². The molecule has 1 aliphatic carbocycles. The van der Waals surface area contributed by atoms with E-state index in [4.69, 9.17) is 14.9 Å². The number of nitrogens with two attached hydrogens (primary N) is 1. The quantitative estimate of drug-likeness (QED) is 0.826. The number of ether oxygens (including phenoxy) is 1. The van der Waals surface area contributed by atoms with Crippen LogP contribution in [0.15, 0.2) is 16.7 Å². The molecule has 15 heavy (non-hydrogen) atoms. The smallest absolute Gasteiger partial charge is 0.113 e. The third kappa shape index (κ3) is 1.60. The molecule has 84 valence electrons. The summed E-state index contributed by atoms with van der Waals surface area (Å²) in [6, 6.07) is 1.99. The fourth-order valence-corrected chi connectivity index (χ4v) is 2.60. The molecular formula is C12H19NO2. The van der Waals surface area contributed by atoms with Gasteiger partial charge in [-0.15, -0.1) is 0 Å². The maximum absolute atomic E-state index is 5.76. The summed E-state index contributed by atoms with van der Waals surface area (Å²) in [6.45, 7) is 5.84. The van der Waals surface area contributed by atoms with Gasteiger partial charge in [0, 0.05) is 18.6 Å². The molecule has 0 spiro atoms. The summed E-state index contributed by atoms with van der Waals surface area (Å²) in [5, 5.41) is 0. The zero-order chi connectivity index (χ0) is 11.1. The highest BCUT2D eigenvalue weighted by Crippen LogP contribution is 2.64. The van der Waals surface area contributed by atoms with Crippen LogP contribution in [0.25, 0.3) is 0 Å². The Kier molecular flexibility index (Phi) is 2.61. The first kappa shape index (κ1) is 10.7. The Morgan fingerprint density at radius 2 is 2.27 bits per heavy atom. The fourth-order valence-electron chi connectivity index (χ4n) is 2.60. The Hall–Kier alpha value is -0.800. The summed E-state index contributed by atoms with van der Waals surface area (Å²) in [6.07, 6.45) is 1.74. The largest absolute Gasteiger partial charge is 0.469 e. The molecule has 0 amide bonds. The summed E-state index contributed by atoms with van der Waals surface area (Å²) in [7, 11) is 1.70. The molecule has 0 aliphatic heterocycles. The molecule has 2 atom stereocenters. The molecule has 0 aromatic carbocycles. The molecule has 1 saturated carbocycles. The predicted octanol–water partition coefficient (Wildman–Crippen LogP) is 2.12. The zero-order valence-corrected chi connectivity index (χ0v) is 9.62. The first-order valence-electron chi connectivity index (χ1n) is 5.38. The van der Waals surface area contributed by atoms with Gasteiger partial charge in [0.15, 0.2) is 0 Å². The van der Waals surface area contributed by atoms with Crippen LogP contribution in [0.2, 0.25) is 0 Å². The molecule has 1 fully saturated rings. The van der Waals surface area contributed by atoms with E-state index in [-0.39, 0.29) is 5.41 Å². The maximum Gasteiger partial charge on any atom is 0.113 e. The van der Waals surface area contributed by atoms with Crippen molar-refractivity contribution in [3.63, 3.8) is 0 Å². The topological polar surface area (TPSA) is 48.4 Å². The van der Waals surface area contributed by atoms with Gasteiger partial charge in [-0.05, 0) is 23.9 Å². The van der Waals surface area contributed by atoms with Crippen LogP contribution in [0.1, 0.15) is 31.1 Å². The number of methoxy groups -OCH3 is 1. The van der Waals surface area contributed by atoms with Crippen molar-refractivity contribution >= 4 is 0 Å². The van der Waals surface area contributed by atoms with Gasteiger partial charge in [0.2, 0.25) is 0 Å². The third-order valence-corrected chi connectivity index (χ3v) is 3.67. The lowest BCUT2D eigenvalue weighted by atomic mass is 10.1. The molecule has 2 unspecified atom stereocenters. The molecule has 1 heterocycles. The highest BCUT2D eigenvalue weighted by molar-refractivity contribution is 5.31. The van der Waals surface area contributed by atoms with Gasteiger partial charge in [-0.3, -0.25) is 0 Å². The van der Waals surface area contributed by atoms with Crippen LogP contribution < -0.4 is 5.73 Å². The Morgan fingerprint density at radius 3 is 2.80 bits per heavy atom. The van der Waals surface area contributed by atoms with Crippen molar-refractivity contribution in [2.24, 2.45) is 17.1 Å².